The number of likely N-dealkylation sites (N-methyl/N-ethyl adjacent to an activating group) is 1. The fraction of sp³-hybridized carbons (Fsp3) is 0.905. The Morgan fingerprint density at radius 2 is 1.85 bits per heavy atom. The molecule has 1 atom stereocenters. The van der Waals surface area contributed by atoms with E-state index < -0.39 is 0 Å². The summed E-state index contributed by atoms with van der Waals surface area (Å²) in [6, 6.07) is 0. The van der Waals surface area contributed by atoms with Crippen molar-refractivity contribution in [3.8, 4) is 0 Å². The third kappa shape index (κ3) is 4.16. The highest BCUT2D eigenvalue weighted by molar-refractivity contribution is 5.86. The van der Waals surface area contributed by atoms with Crippen LogP contribution >= 0.6 is 0 Å². The molecule has 1 saturated carbocycles. The molecule has 0 aromatic heterocycles. The van der Waals surface area contributed by atoms with Gasteiger partial charge < -0.3 is 14.7 Å². The highest BCUT2D eigenvalue weighted by atomic mass is 16.2. The summed E-state index contributed by atoms with van der Waals surface area (Å²) >= 11 is 0. The molecule has 3 saturated heterocycles. The van der Waals surface area contributed by atoms with Crippen LogP contribution in [0.5, 0.6) is 0 Å². The third-order valence-electron chi connectivity index (χ3n) is 7.41. The molecule has 4 fully saturated rings. The lowest BCUT2D eigenvalue weighted by molar-refractivity contribution is -0.147. The molecule has 3 heterocycles. The van der Waals surface area contributed by atoms with E-state index in [0.29, 0.717) is 19.0 Å². The van der Waals surface area contributed by atoms with E-state index >= 15 is 0 Å². The van der Waals surface area contributed by atoms with Gasteiger partial charge in [0.2, 0.25) is 11.8 Å². The van der Waals surface area contributed by atoms with Crippen LogP contribution in [0.3, 0.4) is 0 Å². The van der Waals surface area contributed by atoms with Crippen LogP contribution in [-0.4, -0.2) is 97.4 Å². The molecule has 152 valence electrons. The smallest absolute Gasteiger partial charge is 0.236 e. The lowest BCUT2D eigenvalue weighted by Crippen LogP contribution is -2.52. The molecule has 0 aromatic carbocycles. The van der Waals surface area contributed by atoms with Gasteiger partial charge >= 0.3 is 0 Å². The number of rotatable bonds is 4. The maximum atomic E-state index is 13.2. The maximum absolute atomic E-state index is 13.2. The van der Waals surface area contributed by atoms with E-state index in [9.17, 15) is 9.59 Å². The number of hydrogen-bond acceptors (Lipinski definition) is 4. The summed E-state index contributed by atoms with van der Waals surface area (Å²) < 4.78 is 0. The Bertz CT molecular complexity index is 564. The summed E-state index contributed by atoms with van der Waals surface area (Å²) in [5, 5.41) is 0. The largest absolute Gasteiger partial charge is 0.342 e. The summed E-state index contributed by atoms with van der Waals surface area (Å²) in [6.07, 6.45) is 7.94. The second-order valence-electron chi connectivity index (χ2n) is 9.43. The van der Waals surface area contributed by atoms with Crippen LogP contribution in [0, 0.1) is 11.3 Å². The standard InChI is InChI=1S/C21H36N4O2/c1-22-9-4-10-23(14-13-22)16-19(26)25-12-8-21(17-25)7-3-11-24(20(21)27)15-18-5-2-6-18/h18H,2-17H2,1H3. The zero-order chi connectivity index (χ0) is 18.9. The topological polar surface area (TPSA) is 47.1 Å². The Balaban J connectivity index is 1.32. The van der Waals surface area contributed by atoms with E-state index in [4.69, 9.17) is 0 Å². The first-order valence-electron chi connectivity index (χ1n) is 11.0. The van der Waals surface area contributed by atoms with E-state index in [1.165, 1.54) is 19.3 Å². The van der Waals surface area contributed by atoms with Gasteiger partial charge in [-0.3, -0.25) is 14.5 Å². The van der Waals surface area contributed by atoms with Crippen molar-refractivity contribution >= 4 is 11.8 Å². The highest BCUT2D eigenvalue weighted by Crippen LogP contribution is 2.41. The number of nitrogens with zero attached hydrogens (tertiary/aromatic N) is 4. The van der Waals surface area contributed by atoms with Crippen molar-refractivity contribution in [2.75, 3.05) is 66.0 Å². The van der Waals surface area contributed by atoms with Crippen molar-refractivity contribution in [3.05, 3.63) is 0 Å². The molecule has 4 aliphatic rings. The molecule has 0 N–H and O–H groups in total. The Hall–Kier alpha value is -1.14. The van der Waals surface area contributed by atoms with Gasteiger partial charge in [0.15, 0.2) is 0 Å². The molecule has 27 heavy (non-hydrogen) atoms. The molecule has 0 bridgehead atoms. The average Bonchev–Trinajstić information content (AvgIpc) is 2.94. The number of carbonyl (C=O) groups is 2. The van der Waals surface area contributed by atoms with Gasteiger partial charge in [-0.25, -0.2) is 0 Å². The molecule has 1 unspecified atom stereocenters. The van der Waals surface area contributed by atoms with Gasteiger partial charge in [0.05, 0.1) is 12.0 Å². The van der Waals surface area contributed by atoms with Gasteiger partial charge in [0.1, 0.15) is 0 Å². The van der Waals surface area contributed by atoms with E-state index in [2.05, 4.69) is 21.7 Å². The highest BCUT2D eigenvalue weighted by Gasteiger charge is 2.49. The molecule has 3 aliphatic heterocycles. The fourth-order valence-electron chi connectivity index (χ4n) is 5.33. The fourth-order valence-corrected chi connectivity index (χ4v) is 5.33. The summed E-state index contributed by atoms with van der Waals surface area (Å²) in [5.41, 5.74) is -0.281. The first-order chi connectivity index (χ1) is 13.1. The van der Waals surface area contributed by atoms with Crippen molar-refractivity contribution in [1.29, 1.82) is 0 Å². The van der Waals surface area contributed by atoms with Crippen molar-refractivity contribution in [3.63, 3.8) is 0 Å². The number of amides is 2. The lowest BCUT2D eigenvalue weighted by Gasteiger charge is -2.42. The number of hydrogen-bond donors (Lipinski definition) is 0. The Kier molecular flexibility index (Phi) is 5.74. The van der Waals surface area contributed by atoms with Crippen LogP contribution in [0.25, 0.3) is 0 Å². The summed E-state index contributed by atoms with van der Waals surface area (Å²) in [6.45, 7) is 7.92. The van der Waals surface area contributed by atoms with Crippen molar-refractivity contribution in [2.24, 2.45) is 11.3 Å². The van der Waals surface area contributed by atoms with Crippen molar-refractivity contribution in [1.82, 2.24) is 19.6 Å². The minimum absolute atomic E-state index is 0.223. The molecule has 2 amide bonds. The van der Waals surface area contributed by atoms with Gasteiger partial charge in [-0.2, -0.15) is 0 Å². The zero-order valence-corrected chi connectivity index (χ0v) is 17.0. The van der Waals surface area contributed by atoms with Crippen molar-refractivity contribution in [2.45, 2.75) is 44.9 Å². The summed E-state index contributed by atoms with van der Waals surface area (Å²) in [5.74, 6) is 1.29. The number of piperidine rings is 1. The second kappa shape index (κ2) is 8.08. The molecule has 0 aromatic rings. The first kappa shape index (κ1) is 19.2. The molecular weight excluding hydrogens is 340 g/mol. The van der Waals surface area contributed by atoms with E-state index in [1.54, 1.807) is 0 Å². The van der Waals surface area contributed by atoms with Crippen LogP contribution < -0.4 is 0 Å². The maximum Gasteiger partial charge on any atom is 0.236 e. The van der Waals surface area contributed by atoms with E-state index in [1.807, 2.05) is 4.90 Å². The predicted molar refractivity (Wildman–Crippen MR) is 105 cm³/mol. The van der Waals surface area contributed by atoms with Gasteiger partial charge in [0.25, 0.3) is 0 Å². The van der Waals surface area contributed by atoms with E-state index in [-0.39, 0.29) is 11.3 Å². The lowest BCUT2D eigenvalue weighted by atomic mass is 9.77. The Labute approximate surface area is 163 Å². The number of carbonyl (C=O) groups excluding carboxylic acids is 2. The van der Waals surface area contributed by atoms with Crippen LogP contribution in [0.4, 0.5) is 0 Å². The Morgan fingerprint density at radius 1 is 1.00 bits per heavy atom. The minimum Gasteiger partial charge on any atom is -0.342 e. The summed E-state index contributed by atoms with van der Waals surface area (Å²) in [7, 11) is 2.15. The monoisotopic (exact) mass is 376 g/mol. The van der Waals surface area contributed by atoms with Gasteiger partial charge in [-0.1, -0.05) is 6.42 Å². The third-order valence-corrected chi connectivity index (χ3v) is 7.41. The zero-order valence-electron chi connectivity index (χ0n) is 17.0. The van der Waals surface area contributed by atoms with Gasteiger partial charge in [-0.15, -0.1) is 0 Å². The van der Waals surface area contributed by atoms with Crippen LogP contribution in [0.2, 0.25) is 0 Å². The predicted octanol–water partition coefficient (Wildman–Crippen LogP) is 1.27. The van der Waals surface area contributed by atoms with Crippen LogP contribution in [0.15, 0.2) is 0 Å². The summed E-state index contributed by atoms with van der Waals surface area (Å²) in [4.78, 5) is 34.9. The molecular formula is C21H36N4O2. The molecule has 1 aliphatic carbocycles. The van der Waals surface area contributed by atoms with Crippen LogP contribution in [0.1, 0.15) is 44.9 Å². The average molecular weight is 377 g/mol. The molecule has 1 spiro atoms. The second-order valence-corrected chi connectivity index (χ2v) is 9.43. The Morgan fingerprint density at radius 3 is 2.63 bits per heavy atom. The molecule has 4 rings (SSSR count). The molecule has 6 heteroatoms. The SMILES string of the molecule is CN1CCCN(CC(=O)N2CCC3(CCCN(CC4CCC4)C3=O)C2)CC1. The first-order valence-corrected chi connectivity index (χ1v) is 11.0. The van der Waals surface area contributed by atoms with Crippen LogP contribution in [-0.2, 0) is 9.59 Å². The minimum atomic E-state index is -0.281. The van der Waals surface area contributed by atoms with E-state index in [0.717, 1.165) is 77.4 Å². The quantitative estimate of drug-likeness (QED) is 0.741. The molecule has 0 radical (unpaired) electrons. The van der Waals surface area contributed by atoms with Crippen molar-refractivity contribution < 1.29 is 9.59 Å². The van der Waals surface area contributed by atoms with Gasteiger partial charge in [0, 0.05) is 39.3 Å². The molecule has 6 nitrogen and oxygen atoms in total. The van der Waals surface area contributed by atoms with Gasteiger partial charge in [-0.05, 0) is 64.6 Å². The number of likely N-dealkylation sites (tertiary alicyclic amines) is 2. The normalized spacial score (nSPS) is 31.4.